The molecular weight excluding hydrogens is 100 g/mol. The van der Waals surface area contributed by atoms with Gasteiger partial charge in [0.1, 0.15) is 0 Å². The number of aliphatic hydroxyl groups is 1. The van der Waals surface area contributed by atoms with Crippen molar-refractivity contribution < 1.29 is 5.11 Å². The van der Waals surface area contributed by atoms with Gasteiger partial charge in [0.25, 0.3) is 0 Å². The van der Waals surface area contributed by atoms with Gasteiger partial charge in [-0.25, -0.2) is 0 Å². The fourth-order valence-corrected chi connectivity index (χ4v) is 1.18. The van der Waals surface area contributed by atoms with Gasteiger partial charge in [0.15, 0.2) is 0 Å². The monoisotopic (exact) mass is 113 g/mol. The van der Waals surface area contributed by atoms with Crippen LogP contribution < -0.4 is 0 Å². The van der Waals surface area contributed by atoms with Crippen molar-refractivity contribution in [2.45, 2.75) is 25.7 Å². The van der Waals surface area contributed by atoms with Crippen LogP contribution in [0.15, 0.2) is 0 Å². The zero-order chi connectivity index (χ0) is 5.82. The summed E-state index contributed by atoms with van der Waals surface area (Å²) >= 11 is 0. The lowest BCUT2D eigenvalue weighted by atomic mass is 9.90. The molecule has 0 aromatic rings. The highest BCUT2D eigenvalue weighted by molar-refractivity contribution is 4.75. The standard InChI is InChI=1S/C7H13O/c8-6-7-4-2-1-3-5-7/h1,7-8H,2-6H2. The Morgan fingerprint density at radius 3 is 2.38 bits per heavy atom. The Bertz CT molecular complexity index is 55.4. The van der Waals surface area contributed by atoms with E-state index in [1.807, 2.05) is 0 Å². The molecule has 0 spiro atoms. The van der Waals surface area contributed by atoms with Crippen LogP contribution in [-0.2, 0) is 0 Å². The summed E-state index contributed by atoms with van der Waals surface area (Å²) in [5, 5.41) is 8.68. The van der Waals surface area contributed by atoms with Gasteiger partial charge in [-0.05, 0) is 38.0 Å². The molecule has 0 aromatic carbocycles. The van der Waals surface area contributed by atoms with E-state index >= 15 is 0 Å². The lowest BCUT2D eigenvalue weighted by molar-refractivity contribution is 0.201. The molecule has 0 amide bonds. The first-order chi connectivity index (χ1) is 3.93. The van der Waals surface area contributed by atoms with Crippen LogP contribution in [0.2, 0.25) is 0 Å². The predicted octanol–water partition coefficient (Wildman–Crippen LogP) is 1.37. The van der Waals surface area contributed by atoms with E-state index < -0.39 is 0 Å². The van der Waals surface area contributed by atoms with Crippen LogP contribution in [-0.4, -0.2) is 11.7 Å². The van der Waals surface area contributed by atoms with Crippen LogP contribution in [0.1, 0.15) is 25.7 Å². The Hall–Kier alpha value is -0.0400. The van der Waals surface area contributed by atoms with Crippen LogP contribution in [0.3, 0.4) is 0 Å². The first-order valence-electron chi connectivity index (χ1n) is 3.36. The van der Waals surface area contributed by atoms with Gasteiger partial charge < -0.3 is 5.11 Å². The van der Waals surface area contributed by atoms with Crippen molar-refractivity contribution in [2.75, 3.05) is 6.61 Å². The normalized spacial score (nSPS) is 23.6. The summed E-state index contributed by atoms with van der Waals surface area (Å²) in [4.78, 5) is 0. The van der Waals surface area contributed by atoms with Gasteiger partial charge in [0.2, 0.25) is 0 Å². The first kappa shape index (κ1) is 6.09. The van der Waals surface area contributed by atoms with E-state index in [1.165, 1.54) is 25.7 Å². The molecule has 1 saturated carbocycles. The summed E-state index contributed by atoms with van der Waals surface area (Å²) in [6.07, 6.45) is 7.15. The molecule has 1 nitrogen and oxygen atoms in total. The molecule has 1 rings (SSSR count). The number of hydrogen-bond acceptors (Lipinski definition) is 1. The quantitative estimate of drug-likeness (QED) is 0.544. The van der Waals surface area contributed by atoms with Gasteiger partial charge in [-0.1, -0.05) is 0 Å². The van der Waals surface area contributed by atoms with Crippen molar-refractivity contribution in [3.63, 3.8) is 0 Å². The molecule has 47 valence electrons. The number of rotatable bonds is 1. The summed E-state index contributed by atoms with van der Waals surface area (Å²) in [5.74, 6) is 0.611. The molecule has 0 atom stereocenters. The molecular formula is C7H13O. The van der Waals surface area contributed by atoms with Crippen molar-refractivity contribution in [1.29, 1.82) is 0 Å². The Labute approximate surface area is 50.7 Å². The third kappa shape index (κ3) is 1.48. The topological polar surface area (TPSA) is 20.2 Å². The highest BCUT2D eigenvalue weighted by atomic mass is 16.3. The molecule has 1 aliphatic carbocycles. The zero-order valence-electron chi connectivity index (χ0n) is 5.14. The largest absolute Gasteiger partial charge is 0.396 e. The summed E-state index contributed by atoms with van der Waals surface area (Å²) in [6, 6.07) is 0. The van der Waals surface area contributed by atoms with E-state index in [1.54, 1.807) is 0 Å². The molecule has 0 bridgehead atoms. The van der Waals surface area contributed by atoms with Crippen molar-refractivity contribution in [3.8, 4) is 0 Å². The zero-order valence-corrected chi connectivity index (χ0v) is 5.14. The maximum Gasteiger partial charge on any atom is 0.0459 e. The SMILES string of the molecule is OCC1CC[CH]CC1. The summed E-state index contributed by atoms with van der Waals surface area (Å²) in [6.45, 7) is 0.397. The Morgan fingerprint density at radius 1 is 1.38 bits per heavy atom. The summed E-state index contributed by atoms with van der Waals surface area (Å²) in [5.41, 5.74) is 0. The maximum absolute atomic E-state index is 8.68. The van der Waals surface area contributed by atoms with Gasteiger partial charge in [0, 0.05) is 6.61 Å². The van der Waals surface area contributed by atoms with Crippen LogP contribution >= 0.6 is 0 Å². The number of aliphatic hydroxyl groups excluding tert-OH is 1. The average Bonchev–Trinajstić information content (AvgIpc) is 1.90. The second-order valence-electron chi connectivity index (χ2n) is 2.49. The van der Waals surface area contributed by atoms with Gasteiger partial charge in [0.05, 0.1) is 0 Å². The molecule has 1 fully saturated rings. The minimum absolute atomic E-state index is 0.397. The van der Waals surface area contributed by atoms with Crippen LogP contribution in [0, 0.1) is 12.3 Å². The molecule has 8 heavy (non-hydrogen) atoms. The lowest BCUT2D eigenvalue weighted by Crippen LogP contribution is -2.09. The lowest BCUT2D eigenvalue weighted by Gasteiger charge is -2.17. The Morgan fingerprint density at radius 2 is 2.00 bits per heavy atom. The fourth-order valence-electron chi connectivity index (χ4n) is 1.18. The molecule has 0 aromatic heterocycles. The van der Waals surface area contributed by atoms with Crippen LogP contribution in [0.25, 0.3) is 0 Å². The molecule has 0 saturated heterocycles. The number of hydrogen-bond donors (Lipinski definition) is 1. The summed E-state index contributed by atoms with van der Waals surface area (Å²) < 4.78 is 0. The Kier molecular flexibility index (Phi) is 2.34. The molecule has 1 N–H and O–H groups in total. The van der Waals surface area contributed by atoms with Gasteiger partial charge in [-0.3, -0.25) is 0 Å². The predicted molar refractivity (Wildman–Crippen MR) is 33.3 cm³/mol. The highest BCUT2D eigenvalue weighted by Crippen LogP contribution is 2.21. The van der Waals surface area contributed by atoms with E-state index in [4.69, 9.17) is 5.11 Å². The van der Waals surface area contributed by atoms with Crippen LogP contribution in [0.4, 0.5) is 0 Å². The fraction of sp³-hybridized carbons (Fsp3) is 0.857. The van der Waals surface area contributed by atoms with Gasteiger partial charge >= 0.3 is 0 Å². The second-order valence-corrected chi connectivity index (χ2v) is 2.49. The van der Waals surface area contributed by atoms with E-state index in [0.717, 1.165) is 0 Å². The first-order valence-corrected chi connectivity index (χ1v) is 3.36. The van der Waals surface area contributed by atoms with Crippen LogP contribution in [0.5, 0.6) is 0 Å². The third-order valence-electron chi connectivity index (χ3n) is 1.82. The minimum atomic E-state index is 0.397. The van der Waals surface area contributed by atoms with E-state index in [9.17, 15) is 0 Å². The molecule has 1 radical (unpaired) electrons. The van der Waals surface area contributed by atoms with Crippen molar-refractivity contribution in [3.05, 3.63) is 6.42 Å². The van der Waals surface area contributed by atoms with E-state index in [0.29, 0.717) is 12.5 Å². The maximum atomic E-state index is 8.68. The van der Waals surface area contributed by atoms with E-state index in [2.05, 4.69) is 6.42 Å². The average molecular weight is 113 g/mol. The van der Waals surface area contributed by atoms with Gasteiger partial charge in [-0.15, -0.1) is 0 Å². The Balaban J connectivity index is 2.13. The van der Waals surface area contributed by atoms with E-state index in [-0.39, 0.29) is 0 Å². The molecule has 0 aliphatic heterocycles. The smallest absolute Gasteiger partial charge is 0.0459 e. The summed E-state index contributed by atoms with van der Waals surface area (Å²) in [7, 11) is 0. The molecule has 0 unspecified atom stereocenters. The minimum Gasteiger partial charge on any atom is -0.396 e. The molecule has 0 heterocycles. The molecule has 1 heteroatoms. The van der Waals surface area contributed by atoms with Crippen molar-refractivity contribution >= 4 is 0 Å². The second kappa shape index (κ2) is 3.08. The van der Waals surface area contributed by atoms with Crippen molar-refractivity contribution in [1.82, 2.24) is 0 Å². The van der Waals surface area contributed by atoms with Crippen molar-refractivity contribution in [2.24, 2.45) is 5.92 Å². The molecule has 1 aliphatic rings. The van der Waals surface area contributed by atoms with Gasteiger partial charge in [-0.2, -0.15) is 0 Å². The third-order valence-corrected chi connectivity index (χ3v) is 1.82. The highest BCUT2D eigenvalue weighted by Gasteiger charge is 2.10.